The molecule has 2 rings (SSSR count). The monoisotopic (exact) mass is 315 g/mol. The first kappa shape index (κ1) is 15.6. The van der Waals surface area contributed by atoms with Crippen molar-refractivity contribution in [2.45, 2.75) is 25.8 Å². The zero-order valence-electron chi connectivity index (χ0n) is 11.6. The number of nitrogens with one attached hydrogen (secondary N) is 1. The van der Waals surface area contributed by atoms with Crippen molar-refractivity contribution in [2.24, 2.45) is 0 Å². The van der Waals surface area contributed by atoms with Gasteiger partial charge >= 0.3 is 5.69 Å². The second kappa shape index (κ2) is 6.31. The average molecular weight is 315 g/mol. The summed E-state index contributed by atoms with van der Waals surface area (Å²) in [5.41, 5.74) is -0.163. The number of rotatable bonds is 5. The summed E-state index contributed by atoms with van der Waals surface area (Å²) in [5, 5.41) is 13.6. The normalized spacial score (nSPS) is 17.6. The molecule has 0 amide bonds. The topological polar surface area (TPSA) is 118 Å². The van der Waals surface area contributed by atoms with E-state index in [-0.39, 0.29) is 17.5 Å². The van der Waals surface area contributed by atoms with Gasteiger partial charge in [-0.25, -0.2) is 22.7 Å². The molecular weight excluding hydrogens is 298 g/mol. The Morgan fingerprint density at radius 1 is 1.38 bits per heavy atom. The van der Waals surface area contributed by atoms with Crippen molar-refractivity contribution in [1.29, 1.82) is 0 Å². The van der Waals surface area contributed by atoms with Crippen LogP contribution >= 0.6 is 0 Å². The lowest BCUT2D eigenvalue weighted by molar-refractivity contribution is -0.385. The van der Waals surface area contributed by atoms with Gasteiger partial charge in [-0.1, -0.05) is 0 Å². The van der Waals surface area contributed by atoms with Crippen LogP contribution in [0.3, 0.4) is 0 Å². The molecule has 0 bridgehead atoms. The van der Waals surface area contributed by atoms with Gasteiger partial charge in [0.25, 0.3) is 0 Å². The van der Waals surface area contributed by atoms with Crippen molar-refractivity contribution in [3.8, 4) is 0 Å². The largest absolute Gasteiger partial charge is 0.351 e. The molecule has 0 aromatic carbocycles. The van der Waals surface area contributed by atoms with Gasteiger partial charge in [0.15, 0.2) is 0 Å². The predicted molar refractivity (Wildman–Crippen MR) is 76.4 cm³/mol. The predicted octanol–water partition coefficient (Wildman–Crippen LogP) is 0.611. The number of nitro groups is 1. The molecule has 116 valence electrons. The van der Waals surface area contributed by atoms with Gasteiger partial charge in [0.1, 0.15) is 12.4 Å². The SMILES string of the molecule is CCS(=O)(=O)N1CCC(Nc2ncc([N+](=O)[O-])cn2)CC1. The Morgan fingerprint density at radius 2 is 1.95 bits per heavy atom. The molecule has 1 aliphatic heterocycles. The van der Waals surface area contributed by atoms with Crippen LogP contribution in [-0.2, 0) is 10.0 Å². The highest BCUT2D eigenvalue weighted by Gasteiger charge is 2.26. The molecule has 0 aliphatic carbocycles. The second-order valence-electron chi connectivity index (χ2n) is 4.74. The molecule has 2 heterocycles. The number of sulfonamides is 1. The summed E-state index contributed by atoms with van der Waals surface area (Å²) in [6.45, 7) is 2.55. The Balaban J connectivity index is 1.90. The number of aromatic nitrogens is 2. The third-order valence-corrected chi connectivity index (χ3v) is 5.28. The van der Waals surface area contributed by atoms with Crippen LogP contribution in [0.4, 0.5) is 11.6 Å². The van der Waals surface area contributed by atoms with Gasteiger partial charge in [-0.3, -0.25) is 10.1 Å². The van der Waals surface area contributed by atoms with Gasteiger partial charge in [0.2, 0.25) is 16.0 Å². The second-order valence-corrected chi connectivity index (χ2v) is 7.00. The van der Waals surface area contributed by atoms with Crippen molar-refractivity contribution in [1.82, 2.24) is 14.3 Å². The van der Waals surface area contributed by atoms with E-state index in [1.807, 2.05) is 0 Å². The Bertz CT molecular complexity index is 596. The lowest BCUT2D eigenvalue weighted by Gasteiger charge is -2.31. The number of piperidine rings is 1. The van der Waals surface area contributed by atoms with Crippen LogP contribution < -0.4 is 5.32 Å². The summed E-state index contributed by atoms with van der Waals surface area (Å²) in [7, 11) is -3.13. The molecule has 0 spiro atoms. The highest BCUT2D eigenvalue weighted by molar-refractivity contribution is 7.89. The molecule has 0 unspecified atom stereocenters. The van der Waals surface area contributed by atoms with E-state index < -0.39 is 14.9 Å². The van der Waals surface area contributed by atoms with Crippen molar-refractivity contribution < 1.29 is 13.3 Å². The molecule has 1 aromatic heterocycles. The van der Waals surface area contributed by atoms with E-state index in [1.165, 1.54) is 4.31 Å². The molecule has 9 nitrogen and oxygen atoms in total. The zero-order valence-corrected chi connectivity index (χ0v) is 12.4. The van der Waals surface area contributed by atoms with Crippen LogP contribution in [-0.4, -0.2) is 52.5 Å². The van der Waals surface area contributed by atoms with E-state index in [1.54, 1.807) is 6.92 Å². The molecule has 0 radical (unpaired) electrons. The van der Waals surface area contributed by atoms with E-state index in [9.17, 15) is 18.5 Å². The first-order valence-electron chi connectivity index (χ1n) is 6.63. The van der Waals surface area contributed by atoms with Crippen LogP contribution in [0.15, 0.2) is 12.4 Å². The molecule has 0 saturated carbocycles. The Labute approximate surface area is 122 Å². The number of anilines is 1. The van der Waals surface area contributed by atoms with Crippen LogP contribution in [0.2, 0.25) is 0 Å². The highest BCUT2D eigenvalue weighted by atomic mass is 32.2. The fourth-order valence-corrected chi connectivity index (χ4v) is 3.27. The standard InChI is InChI=1S/C11H17N5O4S/c1-2-21(19,20)15-5-3-9(4-6-15)14-11-12-7-10(8-13-11)16(17)18/h7-9H,2-6H2,1H3,(H,12,13,14). The van der Waals surface area contributed by atoms with Crippen LogP contribution in [0.1, 0.15) is 19.8 Å². The van der Waals surface area contributed by atoms with Gasteiger partial charge < -0.3 is 5.32 Å². The Hall–Kier alpha value is -1.81. The molecular formula is C11H17N5O4S. The minimum absolute atomic E-state index is 0.0646. The summed E-state index contributed by atoms with van der Waals surface area (Å²) in [4.78, 5) is 17.7. The van der Waals surface area contributed by atoms with Gasteiger partial charge in [-0.05, 0) is 19.8 Å². The molecule has 21 heavy (non-hydrogen) atoms. The molecule has 1 saturated heterocycles. The number of hydrogen-bond donors (Lipinski definition) is 1. The van der Waals surface area contributed by atoms with Gasteiger partial charge in [0, 0.05) is 19.1 Å². The van der Waals surface area contributed by atoms with E-state index in [4.69, 9.17) is 0 Å². The van der Waals surface area contributed by atoms with E-state index in [2.05, 4.69) is 15.3 Å². The maximum atomic E-state index is 11.7. The summed E-state index contributed by atoms with van der Waals surface area (Å²) < 4.78 is 25.0. The van der Waals surface area contributed by atoms with Crippen molar-refractivity contribution >= 4 is 21.7 Å². The Morgan fingerprint density at radius 3 is 2.43 bits per heavy atom. The van der Waals surface area contributed by atoms with Crippen LogP contribution in [0, 0.1) is 10.1 Å². The lowest BCUT2D eigenvalue weighted by Crippen LogP contribution is -2.43. The molecule has 1 aromatic rings. The minimum atomic E-state index is -3.13. The molecule has 10 heteroatoms. The van der Waals surface area contributed by atoms with Crippen molar-refractivity contribution in [3.63, 3.8) is 0 Å². The zero-order chi connectivity index (χ0) is 15.5. The summed E-state index contributed by atoms with van der Waals surface area (Å²) in [6.07, 6.45) is 3.59. The average Bonchev–Trinajstić information content (AvgIpc) is 2.48. The van der Waals surface area contributed by atoms with Gasteiger partial charge in [0.05, 0.1) is 10.7 Å². The minimum Gasteiger partial charge on any atom is -0.351 e. The smallest absolute Gasteiger partial charge is 0.305 e. The summed E-state index contributed by atoms with van der Waals surface area (Å²) in [5.74, 6) is 0.425. The van der Waals surface area contributed by atoms with Crippen molar-refractivity contribution in [3.05, 3.63) is 22.5 Å². The van der Waals surface area contributed by atoms with Crippen LogP contribution in [0.5, 0.6) is 0 Å². The van der Waals surface area contributed by atoms with Crippen molar-refractivity contribution in [2.75, 3.05) is 24.2 Å². The number of nitrogens with zero attached hydrogens (tertiary/aromatic N) is 4. The third-order valence-electron chi connectivity index (χ3n) is 3.39. The first-order valence-corrected chi connectivity index (χ1v) is 8.24. The van der Waals surface area contributed by atoms with E-state index in [0.29, 0.717) is 31.9 Å². The fourth-order valence-electron chi connectivity index (χ4n) is 2.13. The lowest BCUT2D eigenvalue weighted by atomic mass is 10.1. The first-order chi connectivity index (χ1) is 9.92. The molecule has 1 fully saturated rings. The molecule has 0 atom stereocenters. The summed E-state index contributed by atoms with van der Waals surface area (Å²) >= 11 is 0. The van der Waals surface area contributed by atoms with E-state index >= 15 is 0 Å². The van der Waals surface area contributed by atoms with Gasteiger partial charge in [-0.15, -0.1) is 0 Å². The van der Waals surface area contributed by atoms with Crippen LogP contribution in [0.25, 0.3) is 0 Å². The maximum absolute atomic E-state index is 11.7. The highest BCUT2D eigenvalue weighted by Crippen LogP contribution is 2.17. The molecule has 1 N–H and O–H groups in total. The van der Waals surface area contributed by atoms with Gasteiger partial charge in [-0.2, -0.15) is 0 Å². The van der Waals surface area contributed by atoms with E-state index in [0.717, 1.165) is 12.4 Å². The Kier molecular flexibility index (Phi) is 4.68. The third kappa shape index (κ3) is 3.85. The number of hydrogen-bond acceptors (Lipinski definition) is 7. The quantitative estimate of drug-likeness (QED) is 0.624. The fraction of sp³-hybridized carbons (Fsp3) is 0.636. The maximum Gasteiger partial charge on any atom is 0.305 e. The molecule has 1 aliphatic rings. The summed E-state index contributed by atoms with van der Waals surface area (Å²) in [6, 6.07) is 0.0646.